The van der Waals surface area contributed by atoms with Crippen molar-refractivity contribution in [1.82, 2.24) is 0 Å². The van der Waals surface area contributed by atoms with Gasteiger partial charge in [-0.1, -0.05) is 68.0 Å². The van der Waals surface area contributed by atoms with Crippen LogP contribution in [-0.4, -0.2) is 18.5 Å². The Morgan fingerprint density at radius 3 is 1.78 bits per heavy atom. The molecule has 0 spiro atoms. The van der Waals surface area contributed by atoms with Crippen LogP contribution in [0.25, 0.3) is 11.1 Å². The van der Waals surface area contributed by atoms with Gasteiger partial charge in [-0.3, -0.25) is 0 Å². The summed E-state index contributed by atoms with van der Waals surface area (Å²) < 4.78 is 108. The molecular weight excluding hydrogens is 504 g/mol. The summed E-state index contributed by atoms with van der Waals surface area (Å²) >= 11 is 0. The van der Waals surface area contributed by atoms with Gasteiger partial charge in [0, 0.05) is 11.1 Å². The highest BCUT2D eigenvalue weighted by atomic mass is 19.4. The molecule has 0 N–H and O–H groups in total. The number of halogens is 8. The van der Waals surface area contributed by atoms with Gasteiger partial charge in [0.15, 0.2) is 17.4 Å². The van der Waals surface area contributed by atoms with Crippen LogP contribution < -0.4 is 4.74 Å². The summed E-state index contributed by atoms with van der Waals surface area (Å²) in [7, 11) is 0. The standard InChI is InChI=1S/C28H22F8O/c1-2-3-4-5-18-8-12-21(13-9-18)22-14-10-19(11-15-22)6-7-20-16-23(29)25(24(30)17-20)37-28(35,36)26(31)27(32,33)34/h8-17,26H,2-5H2,1H3. The maximum Gasteiger partial charge on any atom is 0.439 e. The minimum Gasteiger partial charge on any atom is -0.424 e. The van der Waals surface area contributed by atoms with Crippen molar-refractivity contribution in [3.63, 3.8) is 0 Å². The zero-order valence-corrected chi connectivity index (χ0v) is 19.6. The number of hydrogen-bond acceptors (Lipinski definition) is 1. The molecule has 9 heteroatoms. The predicted octanol–water partition coefficient (Wildman–Crippen LogP) is 8.64. The first-order chi connectivity index (χ1) is 17.4. The highest BCUT2D eigenvalue weighted by Crippen LogP contribution is 2.38. The van der Waals surface area contributed by atoms with Crippen molar-refractivity contribution in [2.75, 3.05) is 0 Å². The second-order valence-corrected chi connectivity index (χ2v) is 8.32. The molecule has 0 aliphatic carbocycles. The zero-order valence-electron chi connectivity index (χ0n) is 19.6. The smallest absolute Gasteiger partial charge is 0.424 e. The highest BCUT2D eigenvalue weighted by molar-refractivity contribution is 5.64. The maximum absolute atomic E-state index is 14.1. The van der Waals surface area contributed by atoms with Crippen LogP contribution >= 0.6 is 0 Å². The largest absolute Gasteiger partial charge is 0.439 e. The van der Waals surface area contributed by atoms with Gasteiger partial charge in [0.05, 0.1) is 0 Å². The second kappa shape index (κ2) is 11.7. The lowest BCUT2D eigenvalue weighted by Crippen LogP contribution is -2.46. The lowest BCUT2D eigenvalue weighted by Gasteiger charge is -2.23. The maximum atomic E-state index is 14.1. The van der Waals surface area contributed by atoms with Crippen molar-refractivity contribution in [2.24, 2.45) is 0 Å². The molecule has 0 aliphatic heterocycles. The number of rotatable bonds is 8. The molecule has 0 aliphatic rings. The summed E-state index contributed by atoms with van der Waals surface area (Å²) in [5.41, 5.74) is 3.37. The van der Waals surface area contributed by atoms with Crippen LogP contribution in [0.1, 0.15) is 42.9 Å². The molecule has 0 amide bonds. The molecule has 0 saturated carbocycles. The van der Waals surface area contributed by atoms with E-state index in [-0.39, 0.29) is 5.56 Å². The molecule has 1 nitrogen and oxygen atoms in total. The SMILES string of the molecule is CCCCCc1ccc(-c2ccc(C#Cc3cc(F)c(OC(F)(F)C(F)C(F)(F)F)c(F)c3)cc2)cc1. The number of benzene rings is 3. The van der Waals surface area contributed by atoms with Gasteiger partial charge in [0.2, 0.25) is 0 Å². The number of unbranched alkanes of at least 4 members (excludes halogenated alkanes) is 2. The monoisotopic (exact) mass is 526 g/mol. The molecule has 3 aromatic carbocycles. The summed E-state index contributed by atoms with van der Waals surface area (Å²) in [5.74, 6) is -0.259. The van der Waals surface area contributed by atoms with Gasteiger partial charge < -0.3 is 4.74 Å². The molecule has 0 saturated heterocycles. The fraction of sp³-hybridized carbons (Fsp3) is 0.286. The van der Waals surface area contributed by atoms with E-state index in [1.165, 1.54) is 12.0 Å². The van der Waals surface area contributed by atoms with Crippen molar-refractivity contribution >= 4 is 0 Å². The third-order valence-electron chi connectivity index (χ3n) is 5.41. The van der Waals surface area contributed by atoms with Crippen molar-refractivity contribution in [3.05, 3.63) is 89.0 Å². The molecule has 1 atom stereocenters. The van der Waals surface area contributed by atoms with Gasteiger partial charge in [0.25, 0.3) is 6.17 Å². The van der Waals surface area contributed by atoms with E-state index in [0.717, 1.165) is 30.4 Å². The Morgan fingerprint density at radius 1 is 0.757 bits per heavy atom. The minimum absolute atomic E-state index is 0.291. The Hall–Kier alpha value is -3.54. The normalized spacial score (nSPS) is 12.6. The summed E-state index contributed by atoms with van der Waals surface area (Å²) in [4.78, 5) is 0. The number of aryl methyl sites for hydroxylation is 1. The van der Waals surface area contributed by atoms with E-state index in [4.69, 9.17) is 0 Å². The summed E-state index contributed by atoms with van der Waals surface area (Å²) in [5, 5.41) is 0. The molecule has 1 unspecified atom stereocenters. The lowest BCUT2D eigenvalue weighted by atomic mass is 10.0. The highest BCUT2D eigenvalue weighted by Gasteiger charge is 2.59. The van der Waals surface area contributed by atoms with E-state index < -0.39 is 35.8 Å². The molecule has 196 valence electrons. The molecule has 0 heterocycles. The van der Waals surface area contributed by atoms with Crippen molar-refractivity contribution in [3.8, 4) is 28.7 Å². The van der Waals surface area contributed by atoms with Gasteiger partial charge in [0.1, 0.15) is 0 Å². The van der Waals surface area contributed by atoms with Crippen molar-refractivity contribution < 1.29 is 39.9 Å². The molecule has 3 aromatic rings. The summed E-state index contributed by atoms with van der Waals surface area (Å²) in [6, 6.07) is 16.2. The lowest BCUT2D eigenvalue weighted by molar-refractivity contribution is -0.306. The van der Waals surface area contributed by atoms with E-state index in [1.807, 2.05) is 24.3 Å². The fourth-order valence-electron chi connectivity index (χ4n) is 3.44. The Morgan fingerprint density at radius 2 is 1.27 bits per heavy atom. The van der Waals surface area contributed by atoms with E-state index in [0.29, 0.717) is 17.7 Å². The van der Waals surface area contributed by atoms with E-state index in [2.05, 4.69) is 35.6 Å². The van der Waals surface area contributed by atoms with Gasteiger partial charge in [-0.15, -0.1) is 0 Å². The topological polar surface area (TPSA) is 9.23 Å². The quantitative estimate of drug-likeness (QED) is 0.162. The van der Waals surface area contributed by atoms with Crippen LogP contribution in [-0.2, 0) is 6.42 Å². The number of ether oxygens (including phenoxy) is 1. The fourth-order valence-corrected chi connectivity index (χ4v) is 3.44. The first-order valence-corrected chi connectivity index (χ1v) is 11.4. The van der Waals surface area contributed by atoms with E-state index >= 15 is 0 Å². The molecule has 0 fully saturated rings. The zero-order chi connectivity index (χ0) is 27.2. The Balaban J connectivity index is 1.71. The molecule has 0 radical (unpaired) electrons. The first-order valence-electron chi connectivity index (χ1n) is 11.4. The molecule has 37 heavy (non-hydrogen) atoms. The van der Waals surface area contributed by atoms with Crippen molar-refractivity contribution in [1.29, 1.82) is 0 Å². The van der Waals surface area contributed by atoms with Gasteiger partial charge in [-0.05, 0) is 53.8 Å². The van der Waals surface area contributed by atoms with Crippen LogP contribution in [0.15, 0.2) is 60.7 Å². The molecule has 0 aromatic heterocycles. The molecule has 0 bridgehead atoms. The van der Waals surface area contributed by atoms with Crippen LogP contribution in [0.4, 0.5) is 35.1 Å². The number of alkyl halides is 6. The first kappa shape index (κ1) is 28.0. The average Bonchev–Trinajstić information content (AvgIpc) is 2.85. The van der Waals surface area contributed by atoms with Crippen LogP contribution in [0, 0.1) is 23.5 Å². The number of hydrogen-bond donors (Lipinski definition) is 0. The Kier molecular flexibility index (Phi) is 8.85. The minimum atomic E-state index is -5.99. The van der Waals surface area contributed by atoms with E-state index in [9.17, 15) is 35.1 Å². The molecular formula is C28H22F8O. The Labute approximate surface area is 209 Å². The van der Waals surface area contributed by atoms with Gasteiger partial charge in [-0.25, -0.2) is 13.2 Å². The average molecular weight is 526 g/mol. The van der Waals surface area contributed by atoms with Crippen LogP contribution in [0.2, 0.25) is 0 Å². The summed E-state index contributed by atoms with van der Waals surface area (Å²) in [6.45, 7) is 2.15. The van der Waals surface area contributed by atoms with Crippen LogP contribution in [0.3, 0.4) is 0 Å². The second-order valence-electron chi connectivity index (χ2n) is 8.32. The van der Waals surface area contributed by atoms with Crippen molar-refractivity contribution in [2.45, 2.75) is 51.1 Å². The van der Waals surface area contributed by atoms with Crippen LogP contribution in [0.5, 0.6) is 5.75 Å². The third-order valence-corrected chi connectivity index (χ3v) is 5.41. The van der Waals surface area contributed by atoms with Gasteiger partial charge >= 0.3 is 12.3 Å². The molecule has 3 rings (SSSR count). The van der Waals surface area contributed by atoms with E-state index in [1.54, 1.807) is 12.1 Å². The Bertz CT molecular complexity index is 1230. The third kappa shape index (κ3) is 7.48. The summed E-state index contributed by atoms with van der Waals surface area (Å²) in [6.07, 6.45) is -11.8. The van der Waals surface area contributed by atoms with Gasteiger partial charge in [-0.2, -0.15) is 22.0 Å². The predicted molar refractivity (Wildman–Crippen MR) is 124 cm³/mol.